The Bertz CT molecular complexity index is 971. The Kier molecular flexibility index (Phi) is 4.29. The van der Waals surface area contributed by atoms with Crippen LogP contribution in [0.4, 0.5) is 0 Å². The monoisotopic (exact) mass is 395 g/mol. The predicted molar refractivity (Wildman–Crippen MR) is 105 cm³/mol. The number of aromatic nitrogens is 3. The number of amides is 2. The van der Waals surface area contributed by atoms with Gasteiger partial charge in [-0.3, -0.25) is 14.3 Å². The van der Waals surface area contributed by atoms with Gasteiger partial charge < -0.3 is 14.5 Å². The van der Waals surface area contributed by atoms with Gasteiger partial charge in [0.15, 0.2) is 5.69 Å². The molecule has 2 aromatic rings. The predicted octanol–water partition coefficient (Wildman–Crippen LogP) is 1.44. The lowest BCUT2D eigenvalue weighted by Gasteiger charge is -2.41. The third-order valence-corrected chi connectivity index (χ3v) is 6.48. The zero-order valence-electron chi connectivity index (χ0n) is 16.8. The lowest BCUT2D eigenvalue weighted by molar-refractivity contribution is 0.0356. The van der Waals surface area contributed by atoms with Crippen molar-refractivity contribution in [2.24, 2.45) is 7.05 Å². The molecule has 5 rings (SSSR count). The van der Waals surface area contributed by atoms with E-state index in [1.807, 2.05) is 15.9 Å². The second-order valence-electron chi connectivity index (χ2n) is 8.25. The van der Waals surface area contributed by atoms with Crippen LogP contribution < -0.4 is 4.74 Å². The van der Waals surface area contributed by atoms with Gasteiger partial charge in [-0.1, -0.05) is 5.21 Å². The molecule has 3 aliphatic rings. The maximum Gasteiger partial charge on any atom is 0.276 e. The van der Waals surface area contributed by atoms with Gasteiger partial charge >= 0.3 is 0 Å². The fourth-order valence-electron chi connectivity index (χ4n) is 5.13. The molecule has 0 saturated carbocycles. The van der Waals surface area contributed by atoms with Crippen LogP contribution in [0.5, 0.6) is 5.75 Å². The van der Waals surface area contributed by atoms with Gasteiger partial charge in [0.1, 0.15) is 5.75 Å². The molecule has 0 unspecified atom stereocenters. The van der Waals surface area contributed by atoms with Gasteiger partial charge in [0.25, 0.3) is 11.8 Å². The molecule has 2 atom stereocenters. The van der Waals surface area contributed by atoms with Gasteiger partial charge in [0, 0.05) is 25.7 Å². The van der Waals surface area contributed by atoms with Crippen LogP contribution in [0.1, 0.15) is 51.2 Å². The molecule has 152 valence electrons. The van der Waals surface area contributed by atoms with E-state index in [2.05, 4.69) is 16.4 Å². The average Bonchev–Trinajstić information content (AvgIpc) is 3.43. The maximum absolute atomic E-state index is 13.6. The topological polar surface area (TPSA) is 80.6 Å². The molecule has 8 nitrogen and oxygen atoms in total. The number of aryl methyl sites for hydroxylation is 2. The van der Waals surface area contributed by atoms with Crippen molar-refractivity contribution in [3.63, 3.8) is 0 Å². The number of piperazine rings is 1. The molecule has 8 heteroatoms. The summed E-state index contributed by atoms with van der Waals surface area (Å²) in [6.07, 6.45) is 6.51. The summed E-state index contributed by atoms with van der Waals surface area (Å²) < 4.78 is 6.98. The zero-order valence-corrected chi connectivity index (χ0v) is 16.8. The highest BCUT2D eigenvalue weighted by molar-refractivity contribution is 5.98. The smallest absolute Gasteiger partial charge is 0.276 e. The lowest BCUT2D eigenvalue weighted by Crippen LogP contribution is -2.57. The number of hydrogen-bond acceptors (Lipinski definition) is 5. The molecular formula is C21H25N5O3. The number of carbonyl (C=O) groups is 2. The molecule has 2 bridgehead atoms. The van der Waals surface area contributed by atoms with E-state index in [1.165, 1.54) is 15.8 Å². The molecule has 1 aromatic carbocycles. The fourth-order valence-corrected chi connectivity index (χ4v) is 5.13. The first-order valence-corrected chi connectivity index (χ1v) is 10.2. The van der Waals surface area contributed by atoms with E-state index in [-0.39, 0.29) is 23.9 Å². The normalized spacial score (nSPS) is 22.7. The van der Waals surface area contributed by atoms with Gasteiger partial charge in [0.2, 0.25) is 0 Å². The van der Waals surface area contributed by atoms with E-state index in [4.69, 9.17) is 4.74 Å². The molecule has 0 spiro atoms. The number of methoxy groups -OCH3 is 1. The molecule has 0 N–H and O–H groups in total. The van der Waals surface area contributed by atoms with Crippen molar-refractivity contribution >= 4 is 11.8 Å². The van der Waals surface area contributed by atoms with Crippen molar-refractivity contribution < 1.29 is 14.3 Å². The fraction of sp³-hybridized carbons (Fsp3) is 0.524. The molecule has 2 aliphatic heterocycles. The zero-order chi connectivity index (χ0) is 20.1. The second-order valence-corrected chi connectivity index (χ2v) is 8.25. The highest BCUT2D eigenvalue weighted by Gasteiger charge is 2.45. The molecule has 0 radical (unpaired) electrons. The Morgan fingerprint density at radius 1 is 1.10 bits per heavy atom. The molecule has 2 amide bonds. The Balaban J connectivity index is 1.40. The highest BCUT2D eigenvalue weighted by Crippen LogP contribution is 2.36. The van der Waals surface area contributed by atoms with Crippen molar-refractivity contribution in [3.8, 4) is 5.75 Å². The van der Waals surface area contributed by atoms with Crippen LogP contribution in [-0.4, -0.2) is 68.9 Å². The van der Waals surface area contributed by atoms with E-state index in [0.717, 1.165) is 43.4 Å². The molecular weight excluding hydrogens is 370 g/mol. The van der Waals surface area contributed by atoms with Crippen LogP contribution in [-0.2, 0) is 19.9 Å². The number of ether oxygens (including phenoxy) is 1. The maximum atomic E-state index is 13.6. The van der Waals surface area contributed by atoms with E-state index < -0.39 is 0 Å². The van der Waals surface area contributed by atoms with Gasteiger partial charge in [-0.25, -0.2) is 0 Å². The third-order valence-electron chi connectivity index (χ3n) is 6.48. The first-order chi connectivity index (χ1) is 14.0. The van der Waals surface area contributed by atoms with Gasteiger partial charge in [-0.2, -0.15) is 0 Å². The summed E-state index contributed by atoms with van der Waals surface area (Å²) in [5.74, 6) is 0.725. The number of hydrogen-bond donors (Lipinski definition) is 0. The van der Waals surface area contributed by atoms with Crippen molar-refractivity contribution in [2.75, 3.05) is 20.2 Å². The van der Waals surface area contributed by atoms with Crippen molar-refractivity contribution in [3.05, 3.63) is 40.7 Å². The Labute approximate surface area is 169 Å². The van der Waals surface area contributed by atoms with Crippen LogP contribution >= 0.6 is 0 Å². The first-order valence-electron chi connectivity index (χ1n) is 10.2. The summed E-state index contributed by atoms with van der Waals surface area (Å²) in [5.41, 5.74) is 3.55. The van der Waals surface area contributed by atoms with Crippen molar-refractivity contribution in [1.29, 1.82) is 0 Å². The molecule has 1 aromatic heterocycles. The first kappa shape index (κ1) is 18.1. The molecule has 2 saturated heterocycles. The minimum atomic E-state index is -0.107. The standard InChI is InChI=1S/C21H25N5O3/c1-24-12-19(22-23-24)21(28)25-10-14-6-7-15(11-25)26(14)20(27)18-9-16(29-2)8-13-4-3-5-17(13)18/h8-9,12,14-15H,3-7,10-11H2,1-2H3/t14-,15+. The minimum Gasteiger partial charge on any atom is -0.497 e. The summed E-state index contributed by atoms with van der Waals surface area (Å²) in [7, 11) is 3.39. The molecule has 29 heavy (non-hydrogen) atoms. The Morgan fingerprint density at radius 2 is 1.86 bits per heavy atom. The van der Waals surface area contributed by atoms with E-state index >= 15 is 0 Å². The van der Waals surface area contributed by atoms with Gasteiger partial charge in [0.05, 0.1) is 25.4 Å². The number of benzene rings is 1. The molecule has 2 fully saturated rings. The number of carbonyl (C=O) groups excluding carboxylic acids is 2. The summed E-state index contributed by atoms with van der Waals surface area (Å²) in [6.45, 7) is 1.09. The third kappa shape index (κ3) is 2.97. The number of likely N-dealkylation sites (tertiary alicyclic amines) is 1. The van der Waals surface area contributed by atoms with Crippen LogP contribution in [0.2, 0.25) is 0 Å². The summed E-state index contributed by atoms with van der Waals surface area (Å²) in [4.78, 5) is 30.2. The number of fused-ring (bicyclic) bond motifs is 3. The van der Waals surface area contributed by atoms with Crippen LogP contribution in [0.25, 0.3) is 0 Å². The number of nitrogens with zero attached hydrogens (tertiary/aromatic N) is 5. The molecule has 1 aliphatic carbocycles. The van der Waals surface area contributed by atoms with Gasteiger partial charge in [-0.05, 0) is 55.4 Å². The summed E-state index contributed by atoms with van der Waals surface area (Å²) in [5, 5.41) is 7.81. The van der Waals surface area contributed by atoms with E-state index in [0.29, 0.717) is 18.8 Å². The Hall–Kier alpha value is -2.90. The van der Waals surface area contributed by atoms with E-state index in [1.54, 1.807) is 20.4 Å². The average molecular weight is 395 g/mol. The SMILES string of the molecule is COc1cc2c(c(C(=O)N3[C@@H]4CC[C@H]3CN(C(=O)c3cn(C)nn3)C4)c1)CCC2. The van der Waals surface area contributed by atoms with Crippen LogP contribution in [0.15, 0.2) is 18.3 Å². The summed E-state index contributed by atoms with van der Waals surface area (Å²) in [6, 6.07) is 4.05. The minimum absolute atomic E-state index is 0.0464. The highest BCUT2D eigenvalue weighted by atomic mass is 16.5. The van der Waals surface area contributed by atoms with Gasteiger partial charge in [-0.15, -0.1) is 5.10 Å². The summed E-state index contributed by atoms with van der Waals surface area (Å²) >= 11 is 0. The second kappa shape index (κ2) is 6.86. The van der Waals surface area contributed by atoms with E-state index in [9.17, 15) is 9.59 Å². The van der Waals surface area contributed by atoms with Crippen LogP contribution in [0.3, 0.4) is 0 Å². The quantitative estimate of drug-likeness (QED) is 0.786. The van der Waals surface area contributed by atoms with Crippen molar-refractivity contribution in [1.82, 2.24) is 24.8 Å². The largest absolute Gasteiger partial charge is 0.497 e. The lowest BCUT2D eigenvalue weighted by atomic mass is 10.00. The number of rotatable bonds is 3. The van der Waals surface area contributed by atoms with Crippen molar-refractivity contribution in [2.45, 2.75) is 44.2 Å². The van der Waals surface area contributed by atoms with Crippen LogP contribution in [0, 0.1) is 0 Å². The Morgan fingerprint density at radius 3 is 2.52 bits per heavy atom. The molecule has 3 heterocycles.